The van der Waals surface area contributed by atoms with E-state index in [0.29, 0.717) is 17.4 Å². The lowest BCUT2D eigenvalue weighted by molar-refractivity contribution is -0.137. The zero-order valence-electron chi connectivity index (χ0n) is 16.3. The number of pyridine rings is 2. The Labute approximate surface area is 183 Å². The zero-order chi connectivity index (χ0) is 23.2. The van der Waals surface area contributed by atoms with Crippen molar-refractivity contribution in [1.29, 1.82) is 0 Å². The average Bonchev–Trinajstić information content (AvgIpc) is 3.10. The topological polar surface area (TPSA) is 58.1 Å². The van der Waals surface area contributed by atoms with Crippen LogP contribution in [0.25, 0.3) is 0 Å². The minimum atomic E-state index is -4.62. The van der Waals surface area contributed by atoms with Crippen LogP contribution >= 0.6 is 11.6 Å². The summed E-state index contributed by atoms with van der Waals surface area (Å²) in [7, 11) is 0. The molecule has 5 nitrogen and oxygen atoms in total. The Hall–Kier alpha value is -3.27. The molecule has 32 heavy (non-hydrogen) atoms. The molecule has 11 heteroatoms. The van der Waals surface area contributed by atoms with E-state index in [-0.39, 0.29) is 23.6 Å². The lowest BCUT2D eigenvalue weighted by Gasteiger charge is -2.26. The Morgan fingerprint density at radius 2 is 1.94 bits per heavy atom. The molecule has 0 fully saturated rings. The van der Waals surface area contributed by atoms with Gasteiger partial charge in [-0.2, -0.15) is 13.2 Å². The number of amides is 1. The van der Waals surface area contributed by atoms with E-state index in [1.165, 1.54) is 18.0 Å². The highest BCUT2D eigenvalue weighted by atomic mass is 35.5. The maximum absolute atomic E-state index is 14.1. The van der Waals surface area contributed by atoms with Crippen molar-refractivity contribution in [2.24, 2.45) is 0 Å². The number of benzene rings is 1. The van der Waals surface area contributed by atoms with E-state index < -0.39 is 40.3 Å². The van der Waals surface area contributed by atoms with Gasteiger partial charge < -0.3 is 10.2 Å². The molecule has 0 saturated heterocycles. The maximum Gasteiger partial charge on any atom is 0.416 e. The summed E-state index contributed by atoms with van der Waals surface area (Å²) < 4.78 is 67.7. The number of halogens is 6. The van der Waals surface area contributed by atoms with Crippen LogP contribution in [-0.4, -0.2) is 21.9 Å². The molecule has 1 aliphatic rings. The Morgan fingerprint density at radius 3 is 2.66 bits per heavy atom. The number of alkyl halides is 3. The standard InChI is InChI=1S/C21H14ClF5N4O/c1-10-5-11(21(25,26)27)6-19(29-10)31-17-3-2-4-28-16(17)9-18(31)20(32)30-15-7-12(22)13(23)8-14(15)24/h2-8,18H,9H2,1H3,(H,30,32). The zero-order valence-corrected chi connectivity index (χ0v) is 17.1. The Morgan fingerprint density at radius 1 is 1.19 bits per heavy atom. The molecule has 0 radical (unpaired) electrons. The monoisotopic (exact) mass is 468 g/mol. The van der Waals surface area contributed by atoms with Crippen LogP contribution in [0.1, 0.15) is 17.0 Å². The van der Waals surface area contributed by atoms with E-state index in [1.54, 1.807) is 12.1 Å². The number of carbonyl (C=O) groups is 1. The lowest BCUT2D eigenvalue weighted by atomic mass is 10.1. The van der Waals surface area contributed by atoms with Crippen molar-refractivity contribution < 1.29 is 26.7 Å². The fourth-order valence-corrected chi connectivity index (χ4v) is 3.68. The minimum absolute atomic E-state index is 0.0372. The third-order valence-electron chi connectivity index (χ3n) is 4.91. The summed E-state index contributed by atoms with van der Waals surface area (Å²) in [6, 6.07) is 5.27. The third-order valence-corrected chi connectivity index (χ3v) is 5.20. The predicted octanol–water partition coefficient (Wildman–Crippen LogP) is 5.44. The van der Waals surface area contributed by atoms with Gasteiger partial charge in [-0.15, -0.1) is 0 Å². The number of hydrogen-bond donors (Lipinski definition) is 1. The predicted molar refractivity (Wildman–Crippen MR) is 108 cm³/mol. The van der Waals surface area contributed by atoms with Gasteiger partial charge in [-0.05, 0) is 37.3 Å². The summed E-state index contributed by atoms with van der Waals surface area (Å²) in [4.78, 5) is 22.8. The van der Waals surface area contributed by atoms with Crippen LogP contribution < -0.4 is 10.2 Å². The third kappa shape index (κ3) is 4.10. The Balaban J connectivity index is 1.75. The van der Waals surface area contributed by atoms with E-state index >= 15 is 0 Å². The van der Waals surface area contributed by atoms with Crippen molar-refractivity contribution in [3.8, 4) is 0 Å². The van der Waals surface area contributed by atoms with Crippen molar-refractivity contribution >= 4 is 34.7 Å². The van der Waals surface area contributed by atoms with E-state index in [4.69, 9.17) is 11.6 Å². The van der Waals surface area contributed by atoms with Crippen LogP contribution in [0.5, 0.6) is 0 Å². The molecule has 1 N–H and O–H groups in total. The molecule has 166 valence electrons. The highest BCUT2D eigenvalue weighted by molar-refractivity contribution is 6.31. The number of aryl methyl sites for hydroxylation is 1. The molecule has 1 aromatic carbocycles. The maximum atomic E-state index is 14.1. The smallest absolute Gasteiger partial charge is 0.322 e. The first kappa shape index (κ1) is 21.9. The second-order valence-electron chi connectivity index (χ2n) is 7.15. The first-order chi connectivity index (χ1) is 15.0. The van der Waals surface area contributed by atoms with Crippen LogP contribution in [-0.2, 0) is 17.4 Å². The average molecular weight is 469 g/mol. The van der Waals surface area contributed by atoms with Crippen LogP contribution in [0, 0.1) is 18.6 Å². The van der Waals surface area contributed by atoms with Crippen molar-refractivity contribution in [1.82, 2.24) is 9.97 Å². The Bertz CT molecular complexity index is 1220. The molecule has 1 aliphatic heterocycles. The number of rotatable bonds is 3. The van der Waals surface area contributed by atoms with E-state index in [9.17, 15) is 26.7 Å². The normalized spacial score (nSPS) is 15.6. The number of fused-ring (bicyclic) bond motifs is 1. The number of hydrogen-bond acceptors (Lipinski definition) is 4. The van der Waals surface area contributed by atoms with Gasteiger partial charge in [-0.25, -0.2) is 13.8 Å². The van der Waals surface area contributed by atoms with Gasteiger partial charge in [0, 0.05) is 24.4 Å². The summed E-state index contributed by atoms with van der Waals surface area (Å²) in [5.74, 6) is -2.90. The number of nitrogens with zero attached hydrogens (tertiary/aromatic N) is 3. The second kappa shape index (κ2) is 8.01. The number of nitrogens with one attached hydrogen (secondary N) is 1. The molecule has 0 aliphatic carbocycles. The van der Waals surface area contributed by atoms with Crippen molar-refractivity contribution in [2.75, 3.05) is 10.2 Å². The fraction of sp³-hybridized carbons (Fsp3) is 0.190. The van der Waals surface area contributed by atoms with Gasteiger partial charge in [0.2, 0.25) is 5.91 Å². The van der Waals surface area contributed by atoms with Crippen LogP contribution in [0.15, 0.2) is 42.6 Å². The van der Waals surface area contributed by atoms with E-state index in [0.717, 1.165) is 18.2 Å². The molecule has 3 heterocycles. The molecule has 0 spiro atoms. The molecule has 1 amide bonds. The first-order valence-electron chi connectivity index (χ1n) is 9.29. The van der Waals surface area contributed by atoms with Gasteiger partial charge in [0.15, 0.2) is 0 Å². The number of anilines is 3. The first-order valence-corrected chi connectivity index (χ1v) is 9.67. The van der Waals surface area contributed by atoms with Gasteiger partial charge in [-0.3, -0.25) is 9.78 Å². The molecule has 0 bridgehead atoms. The number of aromatic nitrogens is 2. The van der Waals surface area contributed by atoms with Crippen molar-refractivity contribution in [3.05, 3.63) is 76.2 Å². The molecular formula is C21H14ClF5N4O. The number of carbonyl (C=O) groups excluding carboxylic acids is 1. The summed E-state index contributed by atoms with van der Waals surface area (Å²) in [5, 5.41) is 1.93. The molecule has 4 rings (SSSR count). The van der Waals surface area contributed by atoms with Crippen LogP contribution in [0.3, 0.4) is 0 Å². The molecule has 3 aromatic rings. The molecule has 1 unspecified atom stereocenters. The minimum Gasteiger partial charge on any atom is -0.322 e. The van der Waals surface area contributed by atoms with Crippen molar-refractivity contribution in [3.63, 3.8) is 0 Å². The van der Waals surface area contributed by atoms with Gasteiger partial charge in [0.25, 0.3) is 0 Å². The molecular weight excluding hydrogens is 455 g/mol. The highest BCUT2D eigenvalue weighted by Gasteiger charge is 2.39. The quantitative estimate of drug-likeness (QED) is 0.411. The molecule has 1 atom stereocenters. The van der Waals surface area contributed by atoms with E-state index in [2.05, 4.69) is 15.3 Å². The summed E-state index contributed by atoms with van der Waals surface area (Å²) in [6.07, 6.45) is -3.09. The highest BCUT2D eigenvalue weighted by Crippen LogP contribution is 2.39. The van der Waals surface area contributed by atoms with Crippen LogP contribution in [0.4, 0.5) is 39.1 Å². The lowest BCUT2D eigenvalue weighted by Crippen LogP contribution is -2.40. The molecule has 2 aromatic heterocycles. The SMILES string of the molecule is Cc1cc(C(F)(F)F)cc(N2c3cccnc3CC2C(=O)Nc2cc(Cl)c(F)cc2F)n1. The van der Waals surface area contributed by atoms with Gasteiger partial charge in [0.05, 0.1) is 27.7 Å². The van der Waals surface area contributed by atoms with E-state index in [1.807, 2.05) is 0 Å². The summed E-state index contributed by atoms with van der Waals surface area (Å²) in [6.45, 7) is 1.41. The van der Waals surface area contributed by atoms with Gasteiger partial charge in [-0.1, -0.05) is 11.6 Å². The second-order valence-corrected chi connectivity index (χ2v) is 7.55. The largest absolute Gasteiger partial charge is 0.416 e. The fourth-order valence-electron chi connectivity index (χ4n) is 3.51. The Kier molecular flexibility index (Phi) is 5.49. The van der Waals surface area contributed by atoms with Crippen molar-refractivity contribution in [2.45, 2.75) is 25.6 Å². The van der Waals surface area contributed by atoms with Gasteiger partial charge >= 0.3 is 6.18 Å². The summed E-state index contributed by atoms with van der Waals surface area (Å²) >= 11 is 5.67. The van der Waals surface area contributed by atoms with Gasteiger partial charge in [0.1, 0.15) is 23.5 Å². The van der Waals surface area contributed by atoms with Crippen LogP contribution in [0.2, 0.25) is 5.02 Å². The molecule has 0 saturated carbocycles. The summed E-state index contributed by atoms with van der Waals surface area (Å²) in [5.41, 5.74) is -0.326.